The van der Waals surface area contributed by atoms with Crippen molar-refractivity contribution in [3.8, 4) is 78.9 Å². The lowest BCUT2D eigenvalue weighted by Gasteiger charge is -2.32. The summed E-state index contributed by atoms with van der Waals surface area (Å²) in [5, 5.41) is 37.0. The van der Waals surface area contributed by atoms with Gasteiger partial charge >= 0.3 is 0 Å². The molecule has 20 aromatic carbocycles. The average molecular weight is 1740 g/mol. The second-order valence-electron chi connectivity index (χ2n) is 34.4. The van der Waals surface area contributed by atoms with Crippen molar-refractivity contribution in [2.24, 2.45) is 0 Å². The van der Waals surface area contributed by atoms with E-state index in [1.165, 1.54) is 121 Å². The van der Waals surface area contributed by atoms with Crippen LogP contribution in [0.4, 0.5) is 55.6 Å². The van der Waals surface area contributed by atoms with Crippen LogP contribution in [0.2, 0.25) is 0 Å². The maximum atomic E-state index is 14.8. The average Bonchev–Trinajstić information content (AvgIpc) is 1.70. The molecule has 0 saturated heterocycles. The van der Waals surface area contributed by atoms with Crippen molar-refractivity contribution < 1.29 is 4.39 Å². The smallest absolute Gasteiger partial charge is 0.187 e. The van der Waals surface area contributed by atoms with E-state index in [4.69, 9.17) is 11.8 Å². The highest BCUT2D eigenvalue weighted by molar-refractivity contribution is 9.11. The number of rotatable bonds is 11. The van der Waals surface area contributed by atoms with Gasteiger partial charge in [-0.2, -0.15) is 10.5 Å². The number of benzene rings is 20. The first-order chi connectivity index (χ1) is 60.9. The van der Waals surface area contributed by atoms with Gasteiger partial charge in [-0.3, -0.25) is 0 Å². The van der Waals surface area contributed by atoms with Crippen LogP contribution in [0.25, 0.3) is 136 Å². The summed E-state index contributed by atoms with van der Waals surface area (Å²) in [6.45, 7) is 21.5. The normalized spacial score (nSPS) is 13.2. The van der Waals surface area contributed by atoms with Crippen molar-refractivity contribution in [3.63, 3.8) is 0 Å². The molecule has 3 aliphatic rings. The fourth-order valence-electron chi connectivity index (χ4n) is 20.2. The maximum Gasteiger partial charge on any atom is 0.187 e. The lowest BCUT2D eigenvalue weighted by Crippen LogP contribution is -2.16. The van der Waals surface area contributed by atoms with E-state index in [0.29, 0.717) is 22.5 Å². The van der Waals surface area contributed by atoms with Crippen LogP contribution in [0.5, 0.6) is 0 Å². The summed E-state index contributed by atoms with van der Waals surface area (Å²) < 4.78 is 17.1. The highest BCUT2D eigenvalue weighted by Gasteiger charge is 2.41. The van der Waals surface area contributed by atoms with Gasteiger partial charge in [-0.1, -0.05) is 334 Å². The third-order valence-electron chi connectivity index (χ3n) is 26.4. The summed E-state index contributed by atoms with van der Waals surface area (Å²) in [6, 6.07) is 132. The van der Waals surface area contributed by atoms with Crippen LogP contribution in [-0.2, 0) is 16.2 Å². The van der Waals surface area contributed by atoms with E-state index in [2.05, 4.69) is 372 Å². The Labute approximate surface area is 743 Å². The summed E-state index contributed by atoms with van der Waals surface area (Å²) in [5.74, 6) is -0.305. The van der Waals surface area contributed by atoms with Gasteiger partial charge in [0.15, 0.2) is 5.69 Å². The summed E-state index contributed by atoms with van der Waals surface area (Å²) in [5.41, 5.74) is 30.5. The number of nitrogens with one attached hydrogen (secondary N) is 1. The third kappa shape index (κ3) is 12.8. The van der Waals surface area contributed by atoms with Crippen LogP contribution in [0.15, 0.2) is 373 Å². The van der Waals surface area contributed by atoms with Crippen molar-refractivity contribution in [2.75, 3.05) is 15.1 Å². The molecule has 0 aliphatic heterocycles. The zero-order valence-electron chi connectivity index (χ0n) is 69.5. The highest BCUT2D eigenvalue weighted by atomic mass is 79.9. The predicted molar refractivity (Wildman–Crippen MR) is 526 cm³/mol. The molecule has 0 saturated carbocycles. The number of hydrogen-bond donors (Lipinski definition) is 1. The molecule has 0 fully saturated rings. The Balaban J connectivity index is 0.000000157. The summed E-state index contributed by atoms with van der Waals surface area (Å²) in [4.78, 5) is 8.67. The molecule has 0 radical (unpaired) electrons. The Morgan fingerprint density at radius 2 is 0.656 bits per heavy atom. The minimum atomic E-state index is -0.305. The summed E-state index contributed by atoms with van der Waals surface area (Å²) in [7, 11) is 0. The van der Waals surface area contributed by atoms with Crippen LogP contribution in [0, 0.1) is 35.1 Å². The van der Waals surface area contributed by atoms with Gasteiger partial charge < -0.3 is 15.1 Å². The lowest BCUT2D eigenvalue weighted by atomic mass is 9.82. The first-order valence-electron chi connectivity index (χ1n) is 42.1. The van der Waals surface area contributed by atoms with E-state index in [0.717, 1.165) is 98.5 Å². The van der Waals surface area contributed by atoms with E-state index in [9.17, 15) is 9.65 Å². The van der Waals surface area contributed by atoms with Gasteiger partial charge in [-0.15, -0.1) is 0 Å². The minimum absolute atomic E-state index is 0.105. The Morgan fingerprint density at radius 1 is 0.312 bits per heavy atom. The van der Waals surface area contributed by atoms with Crippen LogP contribution >= 0.6 is 31.9 Å². The molecule has 0 aromatic heterocycles. The molecular formula is C116H79Br2FN6. The molecule has 23 rings (SSSR count). The number of anilines is 8. The Kier molecular flexibility index (Phi) is 18.9. The monoisotopic (exact) mass is 1730 g/mol. The molecule has 3 aliphatic carbocycles. The standard InChI is InChI=1S/C72H50N4.C28H21FN2.C16H8Br2/c1-71(2)59-20-8-6-18-55(59)69-61(71)22-12-24-65(69)75(53-16-10-14-50(42-53)46-28-26-45(44-73)27-29-46)63-40-34-48-33-39-58-64(41-35-49-32-38-57(63)67(48)68(49)58)76(54-17-11-15-51(43-54)47-30-36-52(74-5)37-31-47)66-25-13-23-62-70(66)56-19-7-9-21-60(56)72(62,3)4;1-28(2)22-7-4-3-6-21(22)27-23(28)8-5-9-25(27)31-26-16-20(14-15-24(26)29)19-12-10-18(17-30)11-13-19;17-13-8-4-10-2-6-12-14(18)7-3-9-1-5-11(13)16(10)15(9)12/h6-43H,1-4H3;3-16,31H,1-2H3;1-8H. The molecule has 6 nitrogen and oxygen atoms in total. The van der Waals surface area contributed by atoms with Crippen molar-refractivity contribution in [2.45, 2.75) is 57.8 Å². The van der Waals surface area contributed by atoms with E-state index < -0.39 is 0 Å². The highest BCUT2D eigenvalue weighted by Crippen LogP contribution is 2.59. The zero-order chi connectivity index (χ0) is 85.3. The Hall–Kier alpha value is -14.8. The second-order valence-corrected chi connectivity index (χ2v) is 36.1. The molecule has 1 N–H and O–H groups in total. The summed E-state index contributed by atoms with van der Waals surface area (Å²) in [6.07, 6.45) is 0. The van der Waals surface area contributed by atoms with Gasteiger partial charge in [0.05, 0.1) is 58.3 Å². The fraction of sp³-hybridized carbons (Fsp3) is 0.0776. The first kappa shape index (κ1) is 77.6. The zero-order valence-corrected chi connectivity index (χ0v) is 72.7. The van der Waals surface area contributed by atoms with Gasteiger partial charge in [-0.05, 0) is 240 Å². The Bertz CT molecular complexity index is 7580. The molecule has 0 bridgehead atoms. The van der Waals surface area contributed by atoms with E-state index >= 15 is 0 Å². The Morgan fingerprint density at radius 3 is 1.09 bits per heavy atom. The second kappa shape index (κ2) is 30.4. The van der Waals surface area contributed by atoms with Gasteiger partial charge in [-0.25, -0.2) is 9.24 Å². The van der Waals surface area contributed by atoms with Gasteiger partial charge in [0, 0.05) is 69.7 Å². The predicted octanol–water partition coefficient (Wildman–Crippen LogP) is 33.4. The fourth-order valence-corrected chi connectivity index (χ4v) is 21.1. The molecule has 0 spiro atoms. The SMILES string of the molecule is Brc1ccc2ccc3c(Br)ccc4ccc1c2c43.CC1(C)c2ccccc2-c2c(Nc3cc(-c4ccc(C#N)cc4)ccc3F)cccc21.[C-]#[N+]c1ccc(-c2cccc(N(c3cccc4c3-c3ccccc3C4(C)C)c3ccc4ccc5c(N(c6cccc(-c7ccc(C#N)cc7)c6)c6cccc7c6-c6ccccc6C7(C)C)ccc6ccc3c4c65)c2)cc1. The number of nitrogens with zero attached hydrogens (tertiary/aromatic N) is 5. The van der Waals surface area contributed by atoms with Gasteiger partial charge in [0.2, 0.25) is 0 Å². The van der Waals surface area contributed by atoms with E-state index in [-0.39, 0.29) is 22.1 Å². The number of fused-ring (bicyclic) bond motifs is 9. The summed E-state index contributed by atoms with van der Waals surface area (Å²) >= 11 is 7.30. The number of nitriles is 2. The molecule has 0 unspecified atom stereocenters. The maximum absolute atomic E-state index is 14.8. The van der Waals surface area contributed by atoms with Crippen LogP contribution in [0.3, 0.4) is 0 Å². The van der Waals surface area contributed by atoms with E-state index in [1.807, 2.05) is 72.8 Å². The van der Waals surface area contributed by atoms with Gasteiger partial charge in [0.25, 0.3) is 0 Å². The molecule has 20 aromatic rings. The van der Waals surface area contributed by atoms with Crippen molar-refractivity contribution in [1.82, 2.24) is 0 Å². The minimum Gasteiger partial charge on any atom is -0.353 e. The topological polar surface area (TPSA) is 70.5 Å². The van der Waals surface area contributed by atoms with Gasteiger partial charge in [0.1, 0.15) is 5.82 Å². The first-order valence-corrected chi connectivity index (χ1v) is 43.7. The van der Waals surface area contributed by atoms with Crippen molar-refractivity contribution in [3.05, 3.63) is 435 Å². The molecule has 125 heavy (non-hydrogen) atoms. The molecule has 0 amide bonds. The molecule has 594 valence electrons. The van der Waals surface area contributed by atoms with Crippen molar-refractivity contribution in [1.29, 1.82) is 10.5 Å². The van der Waals surface area contributed by atoms with E-state index in [1.54, 1.807) is 18.2 Å². The molecule has 0 atom stereocenters. The lowest BCUT2D eigenvalue weighted by molar-refractivity contribution is 0.632. The van der Waals surface area contributed by atoms with Crippen molar-refractivity contribution >= 4 is 148 Å². The third-order valence-corrected chi connectivity index (χ3v) is 27.8. The van der Waals surface area contributed by atoms with Crippen LogP contribution in [0.1, 0.15) is 86.1 Å². The van der Waals surface area contributed by atoms with Crippen LogP contribution in [-0.4, -0.2) is 0 Å². The van der Waals surface area contributed by atoms with Crippen LogP contribution < -0.4 is 15.1 Å². The largest absolute Gasteiger partial charge is 0.353 e. The number of halogens is 3. The number of hydrogen-bond acceptors (Lipinski definition) is 5. The molecule has 0 heterocycles. The molecular weight excluding hydrogens is 1660 g/mol. The quantitative estimate of drug-likeness (QED) is 0.103. The molecule has 9 heteroatoms.